The Bertz CT molecular complexity index is 2530. The summed E-state index contributed by atoms with van der Waals surface area (Å²) < 4.78 is 19.8. The number of pyridine rings is 1. The number of urea groups is 1. The Morgan fingerprint density at radius 3 is 2.51 bits per heavy atom. The number of aromatic nitrogens is 3. The quantitative estimate of drug-likeness (QED) is 0.197. The number of nitrogens with zero attached hydrogens (tertiary/aromatic N) is 8. The molecular formula is C50H70N10O8S. The van der Waals surface area contributed by atoms with Crippen molar-refractivity contribution in [2.75, 3.05) is 91.7 Å². The number of esters is 1. The second-order valence-electron chi connectivity index (χ2n) is 20.2. The van der Waals surface area contributed by atoms with E-state index in [9.17, 15) is 24.3 Å². The Morgan fingerprint density at radius 1 is 1.07 bits per heavy atom. The molecule has 7 heterocycles. The Labute approximate surface area is 409 Å². The van der Waals surface area contributed by atoms with Crippen molar-refractivity contribution in [1.82, 2.24) is 45.0 Å². The van der Waals surface area contributed by atoms with E-state index in [1.54, 1.807) is 19.1 Å². The number of rotatable bonds is 9. The molecule has 18 nitrogen and oxygen atoms in total. The summed E-state index contributed by atoms with van der Waals surface area (Å²) in [4.78, 5) is 74.9. The molecule has 3 aromatic heterocycles. The number of hydrogen-bond acceptors (Lipinski definition) is 14. The highest BCUT2D eigenvalue weighted by atomic mass is 32.1. The maximum atomic E-state index is 14.7. The second kappa shape index (κ2) is 20.7. The van der Waals surface area contributed by atoms with Gasteiger partial charge in [0.2, 0.25) is 11.6 Å². The molecule has 3 fully saturated rings. The predicted octanol–water partition coefficient (Wildman–Crippen LogP) is 4.68. The Balaban J connectivity index is 1.22. The molecule has 4 atom stereocenters. The maximum Gasteiger partial charge on any atom is 0.355 e. The van der Waals surface area contributed by atoms with Gasteiger partial charge in [-0.3, -0.25) is 19.6 Å². The second-order valence-corrected chi connectivity index (χ2v) is 21.1. The Morgan fingerprint density at radius 2 is 1.81 bits per heavy atom. The lowest BCUT2D eigenvalue weighted by Gasteiger charge is -2.40. The van der Waals surface area contributed by atoms with Crippen molar-refractivity contribution in [2.45, 2.75) is 97.7 Å². The van der Waals surface area contributed by atoms with E-state index in [-0.39, 0.29) is 50.5 Å². The molecule has 374 valence electrons. The lowest BCUT2D eigenvalue weighted by Crippen LogP contribution is -2.67. The minimum absolute atomic E-state index is 0.000791. The monoisotopic (exact) mass is 971 g/mol. The van der Waals surface area contributed by atoms with Gasteiger partial charge in [0.05, 0.1) is 59.9 Å². The molecule has 4 aromatic rings. The summed E-state index contributed by atoms with van der Waals surface area (Å²) in [7, 11) is 5.44. The molecule has 0 aliphatic carbocycles. The summed E-state index contributed by atoms with van der Waals surface area (Å²) in [6.45, 7) is 18.0. The molecule has 4 aliphatic rings. The molecule has 0 spiro atoms. The molecule has 3 saturated heterocycles. The van der Waals surface area contributed by atoms with Gasteiger partial charge in [0.1, 0.15) is 12.1 Å². The number of hydrogen-bond donors (Lipinski definition) is 3. The summed E-state index contributed by atoms with van der Waals surface area (Å²) in [5, 5.41) is 19.7. The standard InChI is InChI=1S/C50H70N10O8S/c1-10-59-40-13-12-33-24-35(40)37(44(59)36-25-34(28-51-42(36)32(4)66-9)57-18-16-55(7)17-19-57)27-49(5,6)30-68-47(63)50(65)14-11-15-60(54-50)46(62)38(26-41-52-39(33)29-69-41)53-45(61)43(31(2)3)56(8)48(64)58-20-22-67-23-21-58/h12-13,24-25,28-29,31-32,38,43,54,65H,10-11,14-23,26-27,30H2,1-9H3,(H,53,61)/t32-,38-,43-,50-/m0/s1. The first-order chi connectivity index (χ1) is 32.9. The van der Waals surface area contributed by atoms with Crippen LogP contribution in [0.3, 0.4) is 0 Å². The number of carbonyl (C=O) groups excluding carboxylic acids is 4. The number of cyclic esters (lactones) is 1. The van der Waals surface area contributed by atoms with E-state index >= 15 is 0 Å². The number of morpholine rings is 1. The van der Waals surface area contributed by atoms with E-state index in [0.29, 0.717) is 50.0 Å². The van der Waals surface area contributed by atoms with Crippen molar-refractivity contribution < 1.29 is 38.5 Å². The third-order valence-corrected chi connectivity index (χ3v) is 15.0. The topological polar surface area (TPSA) is 187 Å². The number of aryl methyl sites for hydroxylation is 1. The van der Waals surface area contributed by atoms with Crippen LogP contribution in [0.15, 0.2) is 35.8 Å². The zero-order valence-corrected chi connectivity index (χ0v) is 42.5. The molecular weight excluding hydrogens is 901 g/mol. The van der Waals surface area contributed by atoms with E-state index in [2.05, 4.69) is 63.3 Å². The summed E-state index contributed by atoms with van der Waals surface area (Å²) in [6, 6.07) is 6.22. The summed E-state index contributed by atoms with van der Waals surface area (Å²) in [5.41, 5.74) is 7.45. The highest BCUT2D eigenvalue weighted by Gasteiger charge is 2.46. The molecule has 3 N–H and O–H groups in total. The average molecular weight is 971 g/mol. The van der Waals surface area contributed by atoms with Crippen molar-refractivity contribution in [3.63, 3.8) is 0 Å². The van der Waals surface area contributed by atoms with Crippen LogP contribution in [0, 0.1) is 11.3 Å². The van der Waals surface area contributed by atoms with Crippen molar-refractivity contribution in [3.05, 3.63) is 52.1 Å². The average Bonchev–Trinajstić information content (AvgIpc) is 3.93. The van der Waals surface area contributed by atoms with E-state index in [1.165, 1.54) is 21.2 Å². The lowest BCUT2D eigenvalue weighted by atomic mass is 9.84. The number of anilines is 1. The van der Waals surface area contributed by atoms with Crippen LogP contribution >= 0.6 is 11.3 Å². The van der Waals surface area contributed by atoms with Gasteiger partial charge in [-0.15, -0.1) is 11.3 Å². The first-order valence-corrected chi connectivity index (χ1v) is 25.2. The number of fused-ring (bicyclic) bond motifs is 6. The zero-order valence-electron chi connectivity index (χ0n) is 41.7. The molecule has 8 rings (SSSR count). The fourth-order valence-corrected chi connectivity index (χ4v) is 11.0. The van der Waals surface area contributed by atoms with E-state index in [1.807, 2.05) is 46.2 Å². The van der Waals surface area contributed by atoms with Gasteiger partial charge in [0, 0.05) is 112 Å². The van der Waals surface area contributed by atoms with E-state index in [0.717, 1.165) is 70.8 Å². The summed E-state index contributed by atoms with van der Waals surface area (Å²) in [5.74, 6) is -2.29. The maximum absolute atomic E-state index is 14.7. The van der Waals surface area contributed by atoms with Gasteiger partial charge in [-0.05, 0) is 63.4 Å². The fourth-order valence-electron chi connectivity index (χ4n) is 10.2. The number of methoxy groups -OCH3 is 1. The van der Waals surface area contributed by atoms with Gasteiger partial charge in [0.15, 0.2) is 0 Å². The van der Waals surface area contributed by atoms with Crippen molar-refractivity contribution >= 4 is 51.7 Å². The third kappa shape index (κ3) is 10.5. The molecule has 69 heavy (non-hydrogen) atoms. The Kier molecular flexibility index (Phi) is 15.0. The van der Waals surface area contributed by atoms with E-state index < -0.39 is 41.0 Å². The number of benzene rings is 1. The molecule has 0 saturated carbocycles. The number of ether oxygens (including phenoxy) is 3. The van der Waals surface area contributed by atoms with Crippen molar-refractivity contribution in [1.29, 1.82) is 0 Å². The van der Waals surface area contributed by atoms with Gasteiger partial charge in [0.25, 0.3) is 5.91 Å². The third-order valence-electron chi connectivity index (χ3n) is 14.1. The van der Waals surface area contributed by atoms with Crippen LogP contribution in [0.5, 0.6) is 0 Å². The number of thiazole rings is 1. The van der Waals surface area contributed by atoms with Crippen LogP contribution in [0.25, 0.3) is 33.4 Å². The largest absolute Gasteiger partial charge is 0.462 e. The first-order valence-electron chi connectivity index (χ1n) is 24.4. The van der Waals surface area contributed by atoms with Gasteiger partial charge in [-0.1, -0.05) is 33.8 Å². The number of aliphatic hydroxyl groups is 1. The first kappa shape index (κ1) is 50.2. The smallest absolute Gasteiger partial charge is 0.355 e. The molecule has 4 aliphatic heterocycles. The van der Waals surface area contributed by atoms with Crippen LogP contribution in [0.2, 0.25) is 0 Å². The van der Waals surface area contributed by atoms with Crippen LogP contribution in [0.1, 0.15) is 76.8 Å². The van der Waals surface area contributed by atoms with Crippen molar-refractivity contribution in [3.8, 4) is 22.5 Å². The number of likely N-dealkylation sites (N-methyl/N-ethyl adjacent to an activating group) is 2. The predicted molar refractivity (Wildman–Crippen MR) is 264 cm³/mol. The van der Waals surface area contributed by atoms with Crippen LogP contribution in [0.4, 0.5) is 10.5 Å². The minimum atomic E-state index is -2.22. The number of amides is 4. The van der Waals surface area contributed by atoms with Crippen molar-refractivity contribution in [2.24, 2.45) is 11.3 Å². The summed E-state index contributed by atoms with van der Waals surface area (Å²) >= 11 is 1.38. The lowest BCUT2D eigenvalue weighted by molar-refractivity contribution is -0.189. The molecule has 19 heteroatoms. The highest BCUT2D eigenvalue weighted by Crippen LogP contribution is 2.43. The fraction of sp³-hybridized carbons (Fsp3) is 0.600. The number of carbonyl (C=O) groups is 4. The highest BCUT2D eigenvalue weighted by molar-refractivity contribution is 7.10. The molecule has 6 bridgehead atoms. The molecule has 1 aromatic carbocycles. The molecule has 0 radical (unpaired) electrons. The van der Waals surface area contributed by atoms with Gasteiger partial charge >= 0.3 is 12.0 Å². The Hall–Kier alpha value is -5.18. The minimum Gasteiger partial charge on any atom is -0.462 e. The zero-order chi connectivity index (χ0) is 49.4. The summed E-state index contributed by atoms with van der Waals surface area (Å²) in [6.07, 6.45) is 2.43. The number of nitrogens with one attached hydrogen (secondary N) is 2. The molecule has 4 amide bonds. The van der Waals surface area contributed by atoms with Gasteiger partial charge in [-0.25, -0.2) is 14.6 Å². The number of piperazine rings is 1. The van der Waals surface area contributed by atoms with Gasteiger partial charge < -0.3 is 48.8 Å². The number of hydrazine groups is 1. The van der Waals surface area contributed by atoms with Gasteiger partial charge in [-0.2, -0.15) is 5.43 Å². The van der Waals surface area contributed by atoms with E-state index in [4.69, 9.17) is 24.2 Å². The normalized spacial score (nSPS) is 22.6. The van der Waals surface area contributed by atoms with Crippen LogP contribution < -0.4 is 15.6 Å². The van der Waals surface area contributed by atoms with Crippen LogP contribution in [-0.2, 0) is 48.0 Å². The molecule has 0 unspecified atom stereocenters. The SMILES string of the molecule is CCn1c(-c2cc(N3CCN(C)CC3)cnc2[C@H](C)OC)c2c3cc(ccc31)-c1csc(n1)C[C@H](NC(=O)[C@H](C(C)C)N(C)C(=O)N1CCOCC1)C(=O)N1CCC[C@@](O)(N1)C(=O)OCC(C)(C)C2. The van der Waals surface area contributed by atoms with Crippen LogP contribution in [-0.4, -0.2) is 168 Å².